The van der Waals surface area contributed by atoms with E-state index in [1.54, 1.807) is 50.6 Å². The second-order valence-electron chi connectivity index (χ2n) is 5.86. The topological polar surface area (TPSA) is 118 Å². The highest BCUT2D eigenvalue weighted by Crippen LogP contribution is 2.32. The van der Waals surface area contributed by atoms with Crippen LogP contribution in [0.2, 0.25) is 0 Å². The lowest BCUT2D eigenvalue weighted by atomic mass is 10.1. The van der Waals surface area contributed by atoms with Crippen LogP contribution in [0.1, 0.15) is 16.1 Å². The van der Waals surface area contributed by atoms with Crippen molar-refractivity contribution in [1.82, 2.24) is 15.6 Å². The van der Waals surface area contributed by atoms with E-state index in [9.17, 15) is 9.90 Å². The summed E-state index contributed by atoms with van der Waals surface area (Å²) >= 11 is 0. The van der Waals surface area contributed by atoms with Crippen LogP contribution in [0.25, 0.3) is 11.3 Å². The van der Waals surface area contributed by atoms with Gasteiger partial charge in [0, 0.05) is 5.56 Å². The number of aromatic nitrogens is 2. The molecule has 3 rings (SSSR count). The van der Waals surface area contributed by atoms with Gasteiger partial charge >= 0.3 is 0 Å². The van der Waals surface area contributed by atoms with Crippen molar-refractivity contribution < 1.29 is 24.1 Å². The Morgan fingerprint density at radius 3 is 2.59 bits per heavy atom. The SMILES string of the molecule is COc1ccc(OC)c(-c2cc(C(=O)N/N=C\c3ccc(O)c(OC)c3)[nH]n2)c1. The third kappa shape index (κ3) is 4.46. The monoisotopic (exact) mass is 396 g/mol. The number of ether oxygens (including phenoxy) is 3. The van der Waals surface area contributed by atoms with Crippen LogP contribution >= 0.6 is 0 Å². The zero-order chi connectivity index (χ0) is 20.8. The first-order valence-corrected chi connectivity index (χ1v) is 8.54. The second-order valence-corrected chi connectivity index (χ2v) is 5.86. The zero-order valence-corrected chi connectivity index (χ0v) is 16.1. The van der Waals surface area contributed by atoms with Gasteiger partial charge in [-0.2, -0.15) is 10.2 Å². The lowest BCUT2D eigenvalue weighted by Gasteiger charge is -2.08. The number of carbonyl (C=O) groups excluding carboxylic acids is 1. The smallest absolute Gasteiger partial charge is 0.289 e. The molecule has 0 saturated heterocycles. The van der Waals surface area contributed by atoms with Crippen LogP contribution in [0, 0.1) is 0 Å². The number of hydrogen-bond donors (Lipinski definition) is 3. The molecule has 29 heavy (non-hydrogen) atoms. The molecule has 3 N–H and O–H groups in total. The van der Waals surface area contributed by atoms with Gasteiger partial charge in [-0.1, -0.05) is 0 Å². The number of methoxy groups -OCH3 is 3. The van der Waals surface area contributed by atoms with Gasteiger partial charge in [0.1, 0.15) is 17.2 Å². The van der Waals surface area contributed by atoms with Crippen molar-refractivity contribution in [3.8, 4) is 34.3 Å². The molecule has 0 fully saturated rings. The summed E-state index contributed by atoms with van der Waals surface area (Å²) in [6.45, 7) is 0. The molecule has 3 aromatic rings. The molecule has 0 aliphatic carbocycles. The van der Waals surface area contributed by atoms with Crippen molar-refractivity contribution >= 4 is 12.1 Å². The minimum Gasteiger partial charge on any atom is -0.504 e. The van der Waals surface area contributed by atoms with Crippen LogP contribution in [0.4, 0.5) is 0 Å². The summed E-state index contributed by atoms with van der Waals surface area (Å²) in [5.41, 5.74) is 4.50. The number of hydrazone groups is 1. The largest absolute Gasteiger partial charge is 0.504 e. The van der Waals surface area contributed by atoms with Crippen LogP contribution in [-0.2, 0) is 0 Å². The van der Waals surface area contributed by atoms with E-state index in [-0.39, 0.29) is 11.4 Å². The number of hydrogen-bond acceptors (Lipinski definition) is 7. The zero-order valence-electron chi connectivity index (χ0n) is 16.1. The quantitative estimate of drug-likeness (QED) is 0.417. The van der Waals surface area contributed by atoms with E-state index in [0.29, 0.717) is 34.1 Å². The molecule has 0 spiro atoms. The van der Waals surface area contributed by atoms with Crippen LogP contribution < -0.4 is 19.6 Å². The number of benzene rings is 2. The number of phenolic OH excluding ortho intramolecular Hbond substituents is 1. The average Bonchev–Trinajstić information content (AvgIpc) is 3.24. The molecule has 0 aliphatic heterocycles. The average molecular weight is 396 g/mol. The van der Waals surface area contributed by atoms with Crippen molar-refractivity contribution in [1.29, 1.82) is 0 Å². The maximum absolute atomic E-state index is 12.3. The number of rotatable bonds is 7. The first-order chi connectivity index (χ1) is 14.0. The lowest BCUT2D eigenvalue weighted by molar-refractivity contribution is 0.0950. The highest BCUT2D eigenvalue weighted by atomic mass is 16.5. The molecule has 1 amide bonds. The van der Waals surface area contributed by atoms with Crippen molar-refractivity contribution in [2.24, 2.45) is 5.10 Å². The Bertz CT molecular complexity index is 1050. The fraction of sp³-hybridized carbons (Fsp3) is 0.150. The van der Waals surface area contributed by atoms with Crippen molar-refractivity contribution in [2.75, 3.05) is 21.3 Å². The maximum atomic E-state index is 12.3. The fourth-order valence-electron chi connectivity index (χ4n) is 2.59. The summed E-state index contributed by atoms with van der Waals surface area (Å²) in [6, 6.07) is 11.6. The predicted molar refractivity (Wildman–Crippen MR) is 107 cm³/mol. The van der Waals surface area contributed by atoms with Crippen LogP contribution in [-0.4, -0.2) is 48.8 Å². The summed E-state index contributed by atoms with van der Waals surface area (Å²) in [6.07, 6.45) is 1.43. The summed E-state index contributed by atoms with van der Waals surface area (Å²) < 4.78 is 15.6. The molecule has 0 radical (unpaired) electrons. The van der Waals surface area contributed by atoms with E-state index in [1.807, 2.05) is 0 Å². The normalized spacial score (nSPS) is 10.7. The first-order valence-electron chi connectivity index (χ1n) is 8.54. The Labute approximate surface area is 166 Å². The number of amides is 1. The predicted octanol–water partition coefficient (Wildman–Crippen LogP) is 2.57. The number of aromatic amines is 1. The van der Waals surface area contributed by atoms with E-state index < -0.39 is 5.91 Å². The number of carbonyl (C=O) groups is 1. The molecule has 1 aromatic heterocycles. The van der Waals surface area contributed by atoms with Crippen LogP contribution in [0.15, 0.2) is 47.6 Å². The molecule has 9 nitrogen and oxygen atoms in total. The van der Waals surface area contributed by atoms with Gasteiger partial charge < -0.3 is 19.3 Å². The van der Waals surface area contributed by atoms with Crippen molar-refractivity contribution in [2.45, 2.75) is 0 Å². The van der Waals surface area contributed by atoms with Crippen LogP contribution in [0.5, 0.6) is 23.0 Å². The van der Waals surface area contributed by atoms with Gasteiger partial charge in [0.2, 0.25) is 0 Å². The van der Waals surface area contributed by atoms with Gasteiger partial charge in [-0.3, -0.25) is 9.89 Å². The maximum Gasteiger partial charge on any atom is 0.289 e. The molecule has 0 atom stereocenters. The number of phenols is 1. The molecular weight excluding hydrogens is 376 g/mol. The van der Waals surface area contributed by atoms with E-state index in [4.69, 9.17) is 14.2 Å². The van der Waals surface area contributed by atoms with Gasteiger partial charge in [-0.25, -0.2) is 5.43 Å². The van der Waals surface area contributed by atoms with Gasteiger partial charge in [-0.15, -0.1) is 0 Å². The molecular formula is C20H20N4O5. The second kappa shape index (κ2) is 8.79. The minimum atomic E-state index is -0.465. The first kappa shape index (κ1) is 19.7. The Balaban J connectivity index is 1.73. The standard InChI is InChI=1S/C20H20N4O5/c1-27-13-5-7-18(28-2)14(9-13)15-10-16(23-22-15)20(26)24-21-11-12-4-6-17(25)19(8-12)29-3/h4-11,25H,1-3H3,(H,22,23)(H,24,26)/b21-11-. The number of nitrogens with one attached hydrogen (secondary N) is 2. The fourth-order valence-corrected chi connectivity index (χ4v) is 2.59. The third-order valence-corrected chi connectivity index (χ3v) is 4.09. The van der Waals surface area contributed by atoms with E-state index in [2.05, 4.69) is 20.7 Å². The van der Waals surface area contributed by atoms with Gasteiger partial charge in [0.05, 0.1) is 33.2 Å². The molecule has 9 heteroatoms. The summed E-state index contributed by atoms with van der Waals surface area (Å²) in [5.74, 6) is 1.11. The molecule has 150 valence electrons. The Morgan fingerprint density at radius 2 is 1.86 bits per heavy atom. The van der Waals surface area contributed by atoms with E-state index >= 15 is 0 Å². The molecule has 0 saturated carbocycles. The van der Waals surface area contributed by atoms with Gasteiger partial charge in [0.25, 0.3) is 5.91 Å². The third-order valence-electron chi connectivity index (χ3n) is 4.09. The Morgan fingerprint density at radius 1 is 1.07 bits per heavy atom. The molecule has 0 aliphatic rings. The highest BCUT2D eigenvalue weighted by molar-refractivity contribution is 5.94. The van der Waals surface area contributed by atoms with Crippen molar-refractivity contribution in [3.05, 3.63) is 53.7 Å². The van der Waals surface area contributed by atoms with E-state index in [0.717, 1.165) is 0 Å². The summed E-state index contributed by atoms with van der Waals surface area (Å²) in [4.78, 5) is 12.3. The molecule has 0 bridgehead atoms. The minimum absolute atomic E-state index is 0.0200. The number of aromatic hydroxyl groups is 1. The number of nitrogens with zero attached hydrogens (tertiary/aromatic N) is 2. The van der Waals surface area contributed by atoms with Gasteiger partial charge in [0.15, 0.2) is 11.5 Å². The molecule has 2 aromatic carbocycles. The Kier molecular flexibility index (Phi) is 5.98. The summed E-state index contributed by atoms with van der Waals surface area (Å²) in [5, 5.41) is 20.4. The Hall–Kier alpha value is -4.01. The lowest BCUT2D eigenvalue weighted by Crippen LogP contribution is -2.18. The molecule has 1 heterocycles. The van der Waals surface area contributed by atoms with E-state index in [1.165, 1.54) is 19.4 Å². The summed E-state index contributed by atoms with van der Waals surface area (Å²) in [7, 11) is 4.57. The molecule has 0 unspecified atom stereocenters. The van der Waals surface area contributed by atoms with Crippen LogP contribution in [0.3, 0.4) is 0 Å². The number of H-pyrrole nitrogens is 1. The van der Waals surface area contributed by atoms with Crippen molar-refractivity contribution in [3.63, 3.8) is 0 Å². The van der Waals surface area contributed by atoms with Gasteiger partial charge in [-0.05, 0) is 48.0 Å². The highest BCUT2D eigenvalue weighted by Gasteiger charge is 2.14.